The average molecular weight is 450 g/mol. The lowest BCUT2D eigenvalue weighted by atomic mass is 10.1. The third-order valence-electron chi connectivity index (χ3n) is 5.28. The van der Waals surface area contributed by atoms with E-state index in [1.165, 1.54) is 17.9 Å². The topological polar surface area (TPSA) is 105 Å². The molecule has 0 saturated carbocycles. The zero-order chi connectivity index (χ0) is 24.1. The van der Waals surface area contributed by atoms with Crippen LogP contribution in [0.2, 0.25) is 0 Å². The van der Waals surface area contributed by atoms with Crippen molar-refractivity contribution in [3.63, 3.8) is 0 Å². The Bertz CT molecular complexity index is 1140. The second-order valence-electron chi connectivity index (χ2n) is 7.84. The maximum absolute atomic E-state index is 13.1. The Morgan fingerprint density at radius 2 is 1.73 bits per heavy atom. The summed E-state index contributed by atoms with van der Waals surface area (Å²) >= 11 is 0. The van der Waals surface area contributed by atoms with Gasteiger partial charge in [0.2, 0.25) is 5.91 Å². The lowest BCUT2D eigenvalue weighted by Gasteiger charge is -2.23. The third kappa shape index (κ3) is 5.85. The Kier molecular flexibility index (Phi) is 7.27. The minimum atomic E-state index is -0.449. The van der Waals surface area contributed by atoms with Gasteiger partial charge in [-0.3, -0.25) is 24.1 Å². The van der Waals surface area contributed by atoms with Crippen molar-refractivity contribution in [1.29, 1.82) is 0 Å². The zero-order valence-corrected chi connectivity index (χ0v) is 19.2. The van der Waals surface area contributed by atoms with E-state index in [4.69, 9.17) is 4.74 Å². The van der Waals surface area contributed by atoms with E-state index >= 15 is 0 Å². The molecule has 0 spiro atoms. The number of nitrogens with one attached hydrogen (secondary N) is 2. The van der Waals surface area contributed by atoms with E-state index in [1.54, 1.807) is 31.2 Å². The molecule has 2 amide bonds. The fourth-order valence-electron chi connectivity index (χ4n) is 3.44. The van der Waals surface area contributed by atoms with Gasteiger partial charge in [-0.05, 0) is 75.2 Å². The predicted octanol–water partition coefficient (Wildman–Crippen LogP) is 3.74. The molecule has 1 heterocycles. The quantitative estimate of drug-likeness (QED) is 0.493. The Hall–Kier alpha value is -3.94. The monoisotopic (exact) mass is 449 g/mol. The zero-order valence-electron chi connectivity index (χ0n) is 19.2. The van der Waals surface area contributed by atoms with Crippen LogP contribution in [0.25, 0.3) is 0 Å². The molecule has 0 aromatic heterocycles. The molecule has 0 aliphatic carbocycles. The van der Waals surface area contributed by atoms with Crippen LogP contribution in [-0.2, 0) is 19.1 Å². The molecule has 2 N–H and O–H groups in total. The van der Waals surface area contributed by atoms with Crippen LogP contribution in [0.5, 0.6) is 0 Å². The number of carbonyl (C=O) groups is 4. The molecule has 8 heteroatoms. The fourth-order valence-corrected chi connectivity index (χ4v) is 3.44. The minimum Gasteiger partial charge on any atom is -0.466 e. The molecule has 172 valence electrons. The standard InChI is InChI=1S/C25H27N3O5/c1-5-33-25(32)13-20-12-24(31)28(22-11-16(3)15(2)10-21(22)26-20)14-23(30)27-19-8-6-18(7-9-19)17(4)29/h6-12,26H,5,13-14H2,1-4H3,(H,27,30). The maximum atomic E-state index is 13.1. The van der Waals surface area contributed by atoms with Gasteiger partial charge in [-0.1, -0.05) is 0 Å². The van der Waals surface area contributed by atoms with Gasteiger partial charge in [-0.15, -0.1) is 0 Å². The number of carbonyl (C=O) groups excluding carboxylic acids is 4. The number of amides is 2. The van der Waals surface area contributed by atoms with E-state index in [9.17, 15) is 19.2 Å². The van der Waals surface area contributed by atoms with Crippen LogP contribution in [0.15, 0.2) is 48.2 Å². The number of benzene rings is 2. The van der Waals surface area contributed by atoms with Crippen molar-refractivity contribution in [3.05, 3.63) is 64.9 Å². The number of Topliss-reactive ketones (excluding diaryl/α,β-unsaturated/α-hetero) is 1. The summed E-state index contributed by atoms with van der Waals surface area (Å²) in [6.45, 7) is 7.07. The van der Waals surface area contributed by atoms with Gasteiger partial charge in [0.15, 0.2) is 5.78 Å². The Balaban J connectivity index is 1.86. The van der Waals surface area contributed by atoms with E-state index in [2.05, 4.69) is 10.6 Å². The predicted molar refractivity (Wildman–Crippen MR) is 126 cm³/mol. The second kappa shape index (κ2) is 10.1. The van der Waals surface area contributed by atoms with Crippen molar-refractivity contribution in [2.75, 3.05) is 28.7 Å². The van der Waals surface area contributed by atoms with Gasteiger partial charge in [-0.2, -0.15) is 0 Å². The molecule has 0 bridgehead atoms. The Labute approximate surface area is 192 Å². The Morgan fingerprint density at radius 3 is 2.36 bits per heavy atom. The van der Waals surface area contributed by atoms with Crippen LogP contribution in [0.3, 0.4) is 0 Å². The van der Waals surface area contributed by atoms with Gasteiger partial charge in [0.25, 0.3) is 5.91 Å². The summed E-state index contributed by atoms with van der Waals surface area (Å²) in [6, 6.07) is 10.3. The van der Waals surface area contributed by atoms with Gasteiger partial charge in [0.05, 0.1) is 24.4 Å². The van der Waals surface area contributed by atoms with Crippen LogP contribution in [-0.4, -0.2) is 36.7 Å². The van der Waals surface area contributed by atoms with Crippen LogP contribution in [0.4, 0.5) is 17.1 Å². The molecule has 1 aliphatic heterocycles. The molecular formula is C25H27N3O5. The van der Waals surface area contributed by atoms with Crippen molar-refractivity contribution in [2.45, 2.75) is 34.1 Å². The highest BCUT2D eigenvalue weighted by Gasteiger charge is 2.26. The molecule has 0 atom stereocenters. The van der Waals surface area contributed by atoms with E-state index in [-0.39, 0.29) is 25.4 Å². The highest BCUT2D eigenvalue weighted by molar-refractivity contribution is 6.10. The molecule has 0 unspecified atom stereocenters. The third-order valence-corrected chi connectivity index (χ3v) is 5.28. The summed E-state index contributed by atoms with van der Waals surface area (Å²) in [5, 5.41) is 5.91. The lowest BCUT2D eigenvalue weighted by Crippen LogP contribution is -2.37. The van der Waals surface area contributed by atoms with Gasteiger partial charge >= 0.3 is 5.97 Å². The van der Waals surface area contributed by atoms with E-state index in [0.29, 0.717) is 28.3 Å². The first kappa shape index (κ1) is 23.7. The number of anilines is 3. The first-order chi connectivity index (χ1) is 15.7. The SMILES string of the molecule is CCOC(=O)CC1=CC(=O)N(CC(=O)Nc2ccc(C(C)=O)cc2)c2cc(C)c(C)cc2N1. The minimum absolute atomic E-state index is 0.0665. The molecule has 0 fully saturated rings. The van der Waals surface area contributed by atoms with Crippen molar-refractivity contribution in [2.24, 2.45) is 0 Å². The fraction of sp³-hybridized carbons (Fsp3) is 0.280. The van der Waals surface area contributed by atoms with Crippen molar-refractivity contribution < 1.29 is 23.9 Å². The van der Waals surface area contributed by atoms with Crippen LogP contribution >= 0.6 is 0 Å². The summed E-state index contributed by atoms with van der Waals surface area (Å²) in [5.41, 5.74) is 4.58. The molecule has 2 aromatic carbocycles. The molecule has 2 aromatic rings. The van der Waals surface area contributed by atoms with Gasteiger partial charge in [-0.25, -0.2) is 0 Å². The number of aryl methyl sites for hydroxylation is 2. The van der Waals surface area contributed by atoms with Crippen molar-refractivity contribution in [1.82, 2.24) is 0 Å². The number of fused-ring (bicyclic) bond motifs is 1. The normalized spacial score (nSPS) is 12.8. The number of nitrogens with zero attached hydrogens (tertiary/aromatic N) is 1. The Morgan fingerprint density at radius 1 is 1.06 bits per heavy atom. The molecule has 0 saturated heterocycles. The summed E-state index contributed by atoms with van der Waals surface area (Å²) in [7, 11) is 0. The van der Waals surface area contributed by atoms with Crippen LogP contribution in [0.1, 0.15) is 41.8 Å². The maximum Gasteiger partial charge on any atom is 0.311 e. The smallest absolute Gasteiger partial charge is 0.311 e. The summed E-state index contributed by atoms with van der Waals surface area (Å²) in [5.74, 6) is -1.34. The highest BCUT2D eigenvalue weighted by atomic mass is 16.5. The van der Waals surface area contributed by atoms with Gasteiger partial charge in [0, 0.05) is 23.0 Å². The van der Waals surface area contributed by atoms with Crippen molar-refractivity contribution >= 4 is 40.6 Å². The molecule has 1 aliphatic rings. The molecule has 0 radical (unpaired) electrons. The van der Waals surface area contributed by atoms with E-state index < -0.39 is 17.8 Å². The highest BCUT2D eigenvalue weighted by Crippen LogP contribution is 2.33. The molecule has 3 rings (SSSR count). The number of rotatable bonds is 7. The van der Waals surface area contributed by atoms with Crippen molar-refractivity contribution in [3.8, 4) is 0 Å². The average Bonchev–Trinajstić information content (AvgIpc) is 2.85. The summed E-state index contributed by atoms with van der Waals surface area (Å²) < 4.78 is 5.00. The number of esters is 1. The summed E-state index contributed by atoms with van der Waals surface area (Å²) in [6.07, 6.45) is 1.23. The molecular weight excluding hydrogens is 422 g/mol. The second-order valence-corrected chi connectivity index (χ2v) is 7.84. The summed E-state index contributed by atoms with van der Waals surface area (Å²) in [4.78, 5) is 50.6. The van der Waals surface area contributed by atoms with Gasteiger partial charge in [0.1, 0.15) is 6.54 Å². The number of hydrogen-bond donors (Lipinski definition) is 2. The van der Waals surface area contributed by atoms with Gasteiger partial charge < -0.3 is 15.4 Å². The molecule has 33 heavy (non-hydrogen) atoms. The first-order valence-corrected chi connectivity index (χ1v) is 10.6. The lowest BCUT2D eigenvalue weighted by molar-refractivity contribution is -0.142. The van der Waals surface area contributed by atoms with E-state index in [1.807, 2.05) is 26.0 Å². The van der Waals surface area contributed by atoms with Crippen LogP contribution < -0.4 is 15.5 Å². The number of ketones is 1. The van der Waals surface area contributed by atoms with Crippen LogP contribution in [0, 0.1) is 13.8 Å². The largest absolute Gasteiger partial charge is 0.466 e. The first-order valence-electron chi connectivity index (χ1n) is 10.6. The number of ether oxygens (including phenoxy) is 1. The van der Waals surface area contributed by atoms with E-state index in [0.717, 1.165) is 11.1 Å². The number of hydrogen-bond acceptors (Lipinski definition) is 6. The molecule has 8 nitrogen and oxygen atoms in total.